The van der Waals surface area contributed by atoms with Gasteiger partial charge in [-0.25, -0.2) is 9.69 Å². The largest absolute Gasteiger partial charge is 0.444 e. The Kier molecular flexibility index (Phi) is 5.15. The van der Waals surface area contributed by atoms with Crippen LogP contribution in [0.15, 0.2) is 42.1 Å². The van der Waals surface area contributed by atoms with Gasteiger partial charge in [-0.15, -0.1) is 0 Å². The zero-order valence-corrected chi connectivity index (χ0v) is 13.6. The van der Waals surface area contributed by atoms with Crippen molar-refractivity contribution in [3.8, 4) is 0 Å². The molecular formula is C18H23N3O3. The number of nitrogens with zero attached hydrogens (tertiary/aromatic N) is 1. The molecule has 128 valence electrons. The molecule has 1 fully saturated rings. The minimum Gasteiger partial charge on any atom is -0.444 e. The molecule has 2 amide bonds. The van der Waals surface area contributed by atoms with Crippen LogP contribution in [0, 0.1) is 0 Å². The summed E-state index contributed by atoms with van der Waals surface area (Å²) in [6.45, 7) is 0.370. The summed E-state index contributed by atoms with van der Waals surface area (Å²) in [5.41, 5.74) is 7.74. The second-order valence-electron chi connectivity index (χ2n) is 6.33. The number of rotatable bonds is 4. The zero-order valence-electron chi connectivity index (χ0n) is 13.6. The van der Waals surface area contributed by atoms with Crippen LogP contribution in [0.2, 0.25) is 0 Å². The van der Waals surface area contributed by atoms with E-state index < -0.39 is 6.09 Å². The minimum atomic E-state index is -0.621. The quantitative estimate of drug-likeness (QED) is 0.881. The monoisotopic (exact) mass is 329 g/mol. The van der Waals surface area contributed by atoms with Gasteiger partial charge in [-0.05, 0) is 18.4 Å². The van der Waals surface area contributed by atoms with Crippen molar-refractivity contribution in [3.05, 3.63) is 47.7 Å². The van der Waals surface area contributed by atoms with Crippen LogP contribution in [0.25, 0.3) is 0 Å². The molecule has 3 rings (SSSR count). The highest BCUT2D eigenvalue weighted by atomic mass is 16.6. The number of benzene rings is 1. The van der Waals surface area contributed by atoms with E-state index in [0.717, 1.165) is 41.8 Å². The predicted octanol–water partition coefficient (Wildman–Crippen LogP) is 1.91. The van der Waals surface area contributed by atoms with Crippen molar-refractivity contribution in [1.82, 2.24) is 10.2 Å². The molecule has 0 unspecified atom stereocenters. The van der Waals surface area contributed by atoms with Crippen molar-refractivity contribution in [1.29, 1.82) is 0 Å². The molecule has 3 N–H and O–H groups in total. The van der Waals surface area contributed by atoms with Crippen molar-refractivity contribution < 1.29 is 14.3 Å². The molecule has 6 heteroatoms. The maximum absolute atomic E-state index is 12.1. The maximum atomic E-state index is 12.1. The standard InChI is InChI=1S/C18H23N3O3/c19-15-8-4-5-9-16(15)20-14-10-17(22)21(11-14)18(23)24-12-13-6-2-1-3-7-13/h1-3,6-7,10,15-16,20H,4-5,8-9,11-12,19H2/t15-,16-/m1/s1. The molecule has 6 nitrogen and oxygen atoms in total. The molecule has 2 atom stereocenters. The van der Waals surface area contributed by atoms with Gasteiger partial charge >= 0.3 is 6.09 Å². The molecule has 0 saturated heterocycles. The van der Waals surface area contributed by atoms with Gasteiger partial charge in [-0.2, -0.15) is 0 Å². The van der Waals surface area contributed by atoms with Gasteiger partial charge in [0.2, 0.25) is 0 Å². The van der Waals surface area contributed by atoms with Gasteiger partial charge in [-0.3, -0.25) is 4.79 Å². The third kappa shape index (κ3) is 3.94. The SMILES string of the molecule is N[C@@H]1CCCC[C@H]1NC1=CC(=O)N(C(=O)OCc2ccccc2)C1. The molecule has 1 aliphatic carbocycles. The summed E-state index contributed by atoms with van der Waals surface area (Å²) < 4.78 is 5.22. The summed E-state index contributed by atoms with van der Waals surface area (Å²) in [6, 6.07) is 9.64. The highest BCUT2D eigenvalue weighted by molar-refractivity contribution is 6.01. The molecule has 0 radical (unpaired) electrons. The lowest BCUT2D eigenvalue weighted by Gasteiger charge is -2.30. The summed E-state index contributed by atoms with van der Waals surface area (Å²) in [4.78, 5) is 25.3. The van der Waals surface area contributed by atoms with E-state index in [1.165, 1.54) is 6.08 Å². The molecule has 0 aromatic heterocycles. The smallest absolute Gasteiger partial charge is 0.417 e. The molecule has 1 aromatic rings. The van der Waals surface area contributed by atoms with Crippen LogP contribution < -0.4 is 11.1 Å². The Bertz CT molecular complexity index is 630. The first-order valence-corrected chi connectivity index (χ1v) is 8.38. The number of hydrogen-bond donors (Lipinski definition) is 2. The van der Waals surface area contributed by atoms with E-state index in [2.05, 4.69) is 5.32 Å². The summed E-state index contributed by atoms with van der Waals surface area (Å²) in [7, 11) is 0. The second kappa shape index (κ2) is 7.49. The van der Waals surface area contributed by atoms with Crippen molar-refractivity contribution in [2.75, 3.05) is 6.54 Å². The van der Waals surface area contributed by atoms with Crippen LogP contribution >= 0.6 is 0 Å². The van der Waals surface area contributed by atoms with Crippen LogP contribution in [0.4, 0.5) is 4.79 Å². The molecule has 1 saturated carbocycles. The first-order valence-electron chi connectivity index (χ1n) is 8.38. The molecule has 24 heavy (non-hydrogen) atoms. The Labute approximate surface area is 141 Å². The summed E-state index contributed by atoms with van der Waals surface area (Å²) in [6.07, 6.45) is 5.10. The third-order valence-corrected chi connectivity index (χ3v) is 4.51. The normalized spacial score (nSPS) is 23.8. The van der Waals surface area contributed by atoms with Crippen molar-refractivity contribution in [2.24, 2.45) is 5.73 Å². The average Bonchev–Trinajstić information content (AvgIpc) is 2.96. The van der Waals surface area contributed by atoms with Crippen LogP contribution in [0.1, 0.15) is 31.2 Å². The number of nitrogens with one attached hydrogen (secondary N) is 1. The van der Waals surface area contributed by atoms with E-state index in [4.69, 9.17) is 10.5 Å². The summed E-state index contributed by atoms with van der Waals surface area (Å²) in [5, 5.41) is 3.32. The van der Waals surface area contributed by atoms with Gasteiger partial charge in [-0.1, -0.05) is 43.2 Å². The number of imide groups is 1. The minimum absolute atomic E-state index is 0.0915. The topological polar surface area (TPSA) is 84.7 Å². The van der Waals surface area contributed by atoms with Crippen molar-refractivity contribution in [3.63, 3.8) is 0 Å². The van der Waals surface area contributed by atoms with Crippen LogP contribution in [-0.2, 0) is 16.1 Å². The van der Waals surface area contributed by atoms with Crippen LogP contribution in [0.3, 0.4) is 0 Å². The number of carbonyl (C=O) groups is 2. The van der Waals surface area contributed by atoms with E-state index in [-0.39, 0.29) is 31.1 Å². The Morgan fingerprint density at radius 2 is 2.00 bits per heavy atom. The Balaban J connectivity index is 1.51. The Hall–Kier alpha value is -2.34. The second-order valence-corrected chi connectivity index (χ2v) is 6.33. The lowest BCUT2D eigenvalue weighted by Crippen LogP contribution is -2.47. The van der Waals surface area contributed by atoms with Crippen LogP contribution in [0.5, 0.6) is 0 Å². The van der Waals surface area contributed by atoms with E-state index in [1.54, 1.807) is 0 Å². The van der Waals surface area contributed by atoms with E-state index in [1.807, 2.05) is 30.3 Å². The molecule has 0 spiro atoms. The van der Waals surface area contributed by atoms with E-state index >= 15 is 0 Å². The molecule has 1 aromatic carbocycles. The van der Waals surface area contributed by atoms with E-state index in [9.17, 15) is 9.59 Å². The first kappa shape index (κ1) is 16.5. The number of carbonyl (C=O) groups excluding carboxylic acids is 2. The van der Waals surface area contributed by atoms with Gasteiger partial charge in [0.15, 0.2) is 0 Å². The van der Waals surface area contributed by atoms with Crippen molar-refractivity contribution >= 4 is 12.0 Å². The fraction of sp³-hybridized carbons (Fsp3) is 0.444. The highest BCUT2D eigenvalue weighted by Crippen LogP contribution is 2.19. The lowest BCUT2D eigenvalue weighted by molar-refractivity contribution is -0.123. The molecule has 2 aliphatic rings. The fourth-order valence-electron chi connectivity index (χ4n) is 3.14. The highest BCUT2D eigenvalue weighted by Gasteiger charge is 2.31. The molecular weight excluding hydrogens is 306 g/mol. The van der Waals surface area contributed by atoms with Gasteiger partial charge in [0.25, 0.3) is 5.91 Å². The first-order chi connectivity index (χ1) is 11.6. The fourth-order valence-corrected chi connectivity index (χ4v) is 3.14. The number of hydrogen-bond acceptors (Lipinski definition) is 5. The Morgan fingerprint density at radius 3 is 2.75 bits per heavy atom. The molecule has 1 aliphatic heterocycles. The Morgan fingerprint density at radius 1 is 1.25 bits per heavy atom. The molecule has 0 bridgehead atoms. The number of ether oxygens (including phenoxy) is 1. The van der Waals surface area contributed by atoms with Crippen molar-refractivity contribution in [2.45, 2.75) is 44.4 Å². The summed E-state index contributed by atoms with van der Waals surface area (Å²) >= 11 is 0. The van der Waals surface area contributed by atoms with Gasteiger partial charge < -0.3 is 15.8 Å². The molecule has 1 heterocycles. The summed E-state index contributed by atoms with van der Waals surface area (Å²) in [5.74, 6) is -0.347. The van der Waals surface area contributed by atoms with E-state index in [0.29, 0.717) is 0 Å². The maximum Gasteiger partial charge on any atom is 0.417 e. The van der Waals surface area contributed by atoms with Gasteiger partial charge in [0.05, 0.1) is 6.54 Å². The number of amides is 2. The lowest BCUT2D eigenvalue weighted by atomic mass is 9.91. The average molecular weight is 329 g/mol. The zero-order chi connectivity index (χ0) is 16.9. The predicted molar refractivity (Wildman–Crippen MR) is 89.8 cm³/mol. The van der Waals surface area contributed by atoms with Gasteiger partial charge in [0.1, 0.15) is 6.61 Å². The number of nitrogens with two attached hydrogens (primary N) is 1. The van der Waals surface area contributed by atoms with Gasteiger partial charge in [0, 0.05) is 23.9 Å². The third-order valence-electron chi connectivity index (χ3n) is 4.51. The van der Waals surface area contributed by atoms with Crippen LogP contribution in [-0.4, -0.2) is 35.5 Å².